The second-order valence-electron chi connectivity index (χ2n) is 7.25. The van der Waals surface area contributed by atoms with E-state index in [1.54, 1.807) is 12.1 Å². The maximum absolute atomic E-state index is 13.3. The normalized spacial score (nSPS) is 17.2. The van der Waals surface area contributed by atoms with Crippen LogP contribution in [-0.4, -0.2) is 81.3 Å². The Kier molecular flexibility index (Phi) is 13.2. The maximum atomic E-state index is 13.3. The lowest BCUT2D eigenvalue weighted by Crippen LogP contribution is -2.42. The van der Waals surface area contributed by atoms with E-state index in [1.807, 2.05) is 0 Å². The predicted octanol–water partition coefficient (Wildman–Crippen LogP) is 2.79. The summed E-state index contributed by atoms with van der Waals surface area (Å²) >= 11 is 0. The van der Waals surface area contributed by atoms with E-state index < -0.39 is 0 Å². The van der Waals surface area contributed by atoms with Gasteiger partial charge in [-0.2, -0.15) is 0 Å². The minimum absolute atomic E-state index is 0. The van der Waals surface area contributed by atoms with Gasteiger partial charge in [-0.3, -0.25) is 0 Å². The van der Waals surface area contributed by atoms with Gasteiger partial charge < -0.3 is 25.2 Å². The van der Waals surface area contributed by atoms with Gasteiger partial charge in [0.1, 0.15) is 17.7 Å². The van der Waals surface area contributed by atoms with Gasteiger partial charge in [-0.15, -0.1) is 24.0 Å². The van der Waals surface area contributed by atoms with Gasteiger partial charge in [0.25, 0.3) is 0 Å². The molecule has 8 heteroatoms. The summed E-state index contributed by atoms with van der Waals surface area (Å²) in [4.78, 5) is 9.56. The third-order valence-electron chi connectivity index (χ3n) is 4.88. The molecule has 166 valence electrons. The van der Waals surface area contributed by atoms with E-state index in [0.717, 1.165) is 51.6 Å². The highest BCUT2D eigenvalue weighted by atomic mass is 127. The molecule has 1 unspecified atom stereocenters. The first-order chi connectivity index (χ1) is 13.6. The molecule has 1 heterocycles. The summed E-state index contributed by atoms with van der Waals surface area (Å²) in [5.74, 6) is 1.06. The highest BCUT2D eigenvalue weighted by Gasteiger charge is 2.12. The van der Waals surface area contributed by atoms with Crippen LogP contribution in [0.5, 0.6) is 5.75 Å². The van der Waals surface area contributed by atoms with E-state index in [0.29, 0.717) is 12.3 Å². The zero-order valence-electron chi connectivity index (χ0n) is 18.0. The zero-order chi connectivity index (χ0) is 20.2. The molecule has 1 aromatic carbocycles. The van der Waals surface area contributed by atoms with Crippen LogP contribution in [0, 0.1) is 5.82 Å². The number of likely N-dealkylation sites (N-methyl/N-ethyl adjacent to an activating group) is 1. The number of benzene rings is 1. The largest absolute Gasteiger partial charge is 0.488 e. The summed E-state index contributed by atoms with van der Waals surface area (Å²) in [7, 11) is 2.19. The third kappa shape index (κ3) is 10.5. The first-order valence-corrected chi connectivity index (χ1v) is 10.5. The molecule has 0 amide bonds. The van der Waals surface area contributed by atoms with Gasteiger partial charge in [0.2, 0.25) is 0 Å². The van der Waals surface area contributed by atoms with Crippen molar-refractivity contribution in [3.8, 4) is 5.75 Å². The average molecular weight is 521 g/mol. The summed E-state index contributed by atoms with van der Waals surface area (Å²) in [5.41, 5.74) is 0. The van der Waals surface area contributed by atoms with Gasteiger partial charge in [0.15, 0.2) is 5.96 Å². The minimum Gasteiger partial charge on any atom is -0.488 e. The number of aliphatic imine (C=N–C) groups is 1. The Labute approximate surface area is 192 Å². The summed E-state index contributed by atoms with van der Waals surface area (Å²) in [6.07, 6.45) is 1.94. The molecule has 1 fully saturated rings. The predicted molar refractivity (Wildman–Crippen MR) is 129 cm³/mol. The Balaban J connectivity index is 0.00000420. The van der Waals surface area contributed by atoms with Gasteiger partial charge in [-0.1, -0.05) is 13.0 Å². The van der Waals surface area contributed by atoms with Crippen LogP contribution < -0.4 is 15.4 Å². The highest BCUT2D eigenvalue weighted by Crippen LogP contribution is 2.15. The lowest BCUT2D eigenvalue weighted by Gasteiger charge is -2.21. The lowest BCUT2D eigenvalue weighted by molar-refractivity contribution is 0.205. The number of guanidine groups is 1. The molecule has 29 heavy (non-hydrogen) atoms. The molecule has 1 atom stereocenters. The first-order valence-electron chi connectivity index (χ1n) is 10.5. The van der Waals surface area contributed by atoms with Crippen LogP contribution in [0.1, 0.15) is 26.7 Å². The SMILES string of the molecule is CCNC(=NCC(CC)Oc1cccc(F)c1)NCCN1CCCN(C)CC1.I. The Morgan fingerprint density at radius 3 is 2.76 bits per heavy atom. The molecule has 1 saturated heterocycles. The number of nitrogens with zero attached hydrogens (tertiary/aromatic N) is 3. The number of hydrogen-bond acceptors (Lipinski definition) is 4. The molecular formula is C21H37FIN5O. The number of hydrogen-bond donors (Lipinski definition) is 2. The van der Waals surface area contributed by atoms with Gasteiger partial charge in [0, 0.05) is 38.8 Å². The van der Waals surface area contributed by atoms with Crippen LogP contribution in [0.4, 0.5) is 4.39 Å². The zero-order valence-corrected chi connectivity index (χ0v) is 20.3. The molecule has 6 nitrogen and oxygen atoms in total. The molecule has 0 bridgehead atoms. The van der Waals surface area contributed by atoms with Crippen LogP contribution in [0.3, 0.4) is 0 Å². The Bertz CT molecular complexity index is 604. The van der Waals surface area contributed by atoms with Crippen molar-refractivity contribution in [3.63, 3.8) is 0 Å². The highest BCUT2D eigenvalue weighted by molar-refractivity contribution is 14.0. The fourth-order valence-corrected chi connectivity index (χ4v) is 3.17. The lowest BCUT2D eigenvalue weighted by atomic mass is 10.2. The second kappa shape index (κ2) is 14.8. The minimum atomic E-state index is -0.287. The second-order valence-corrected chi connectivity index (χ2v) is 7.25. The van der Waals surface area contributed by atoms with Crippen molar-refractivity contribution >= 4 is 29.9 Å². The van der Waals surface area contributed by atoms with E-state index in [1.165, 1.54) is 25.1 Å². The van der Waals surface area contributed by atoms with Crippen molar-refractivity contribution < 1.29 is 9.13 Å². The number of halogens is 2. The van der Waals surface area contributed by atoms with E-state index in [4.69, 9.17) is 4.74 Å². The smallest absolute Gasteiger partial charge is 0.191 e. The quantitative estimate of drug-likeness (QED) is 0.298. The van der Waals surface area contributed by atoms with Crippen LogP contribution in [0.15, 0.2) is 29.3 Å². The molecule has 0 aromatic heterocycles. The molecule has 0 aliphatic carbocycles. The van der Waals surface area contributed by atoms with Gasteiger partial charge in [-0.05, 0) is 52.0 Å². The van der Waals surface area contributed by atoms with Crippen LogP contribution in [-0.2, 0) is 0 Å². The first kappa shape index (κ1) is 25.9. The maximum Gasteiger partial charge on any atom is 0.191 e. The number of rotatable bonds is 9. The fraction of sp³-hybridized carbons (Fsp3) is 0.667. The molecule has 1 aliphatic heterocycles. The van der Waals surface area contributed by atoms with Crippen LogP contribution >= 0.6 is 24.0 Å². The van der Waals surface area contributed by atoms with Crippen molar-refractivity contribution in [2.24, 2.45) is 4.99 Å². The van der Waals surface area contributed by atoms with Gasteiger partial charge in [0.05, 0.1) is 6.54 Å². The van der Waals surface area contributed by atoms with Crippen LogP contribution in [0.25, 0.3) is 0 Å². The Morgan fingerprint density at radius 2 is 2.03 bits per heavy atom. The molecule has 2 N–H and O–H groups in total. The molecule has 1 aliphatic rings. The summed E-state index contributed by atoms with van der Waals surface area (Å²) in [6.45, 7) is 11.9. The molecular weight excluding hydrogens is 484 g/mol. The summed E-state index contributed by atoms with van der Waals surface area (Å²) in [6, 6.07) is 6.26. The molecule has 0 spiro atoms. The monoisotopic (exact) mass is 521 g/mol. The van der Waals surface area contributed by atoms with Crippen molar-refractivity contribution in [2.45, 2.75) is 32.8 Å². The Hall–Kier alpha value is -1.13. The number of ether oxygens (including phenoxy) is 1. The van der Waals surface area contributed by atoms with E-state index in [-0.39, 0.29) is 35.9 Å². The Morgan fingerprint density at radius 1 is 1.21 bits per heavy atom. The van der Waals surface area contributed by atoms with Crippen molar-refractivity contribution in [1.82, 2.24) is 20.4 Å². The van der Waals surface area contributed by atoms with Gasteiger partial charge >= 0.3 is 0 Å². The van der Waals surface area contributed by atoms with Crippen LogP contribution in [0.2, 0.25) is 0 Å². The summed E-state index contributed by atoms with van der Waals surface area (Å²) in [5, 5.41) is 6.71. The molecule has 0 saturated carbocycles. The fourth-order valence-electron chi connectivity index (χ4n) is 3.17. The van der Waals surface area contributed by atoms with Crippen molar-refractivity contribution in [3.05, 3.63) is 30.1 Å². The van der Waals surface area contributed by atoms with E-state index in [9.17, 15) is 4.39 Å². The van der Waals surface area contributed by atoms with Gasteiger partial charge in [-0.25, -0.2) is 9.38 Å². The topological polar surface area (TPSA) is 52.1 Å². The van der Waals surface area contributed by atoms with E-state index in [2.05, 4.69) is 46.3 Å². The molecule has 2 rings (SSSR count). The average Bonchev–Trinajstić information content (AvgIpc) is 2.89. The molecule has 0 radical (unpaired) electrons. The van der Waals surface area contributed by atoms with E-state index >= 15 is 0 Å². The standard InChI is InChI=1S/C21H36FN5O.HI/c1-4-19(28-20-9-6-8-18(22)16-20)17-25-21(23-5-2)24-10-13-27-12-7-11-26(3)14-15-27;/h6,8-9,16,19H,4-5,7,10-15,17H2,1-3H3,(H2,23,24,25);1H. The van der Waals surface area contributed by atoms with Crippen molar-refractivity contribution in [2.75, 3.05) is 59.4 Å². The third-order valence-corrected chi connectivity index (χ3v) is 4.88. The summed E-state index contributed by atoms with van der Waals surface area (Å²) < 4.78 is 19.2. The molecule has 1 aromatic rings. The van der Waals surface area contributed by atoms with Crippen molar-refractivity contribution in [1.29, 1.82) is 0 Å². The number of nitrogens with one attached hydrogen (secondary N) is 2.